The zero-order valence-corrected chi connectivity index (χ0v) is 10.1. The molecule has 0 atom stereocenters. The van der Waals surface area contributed by atoms with Crippen LogP contribution in [0.1, 0.15) is 5.56 Å². The molecule has 0 heterocycles. The van der Waals surface area contributed by atoms with Crippen molar-refractivity contribution in [2.24, 2.45) is 0 Å². The molecule has 0 bridgehead atoms. The maximum absolute atomic E-state index is 13.1. The highest BCUT2D eigenvalue weighted by Gasteiger charge is 2.30. The number of phenolic OH excluding ortho intramolecular Hbond substituents is 1. The number of hydrogen-bond donors (Lipinski definition) is 1. The summed E-state index contributed by atoms with van der Waals surface area (Å²) < 4.78 is 50.2. The van der Waals surface area contributed by atoms with Crippen LogP contribution in [0, 0.1) is 5.82 Å². The van der Waals surface area contributed by atoms with Crippen molar-refractivity contribution in [1.29, 1.82) is 0 Å². The van der Waals surface area contributed by atoms with Crippen LogP contribution in [0.15, 0.2) is 36.4 Å². The number of hydrogen-bond acceptors (Lipinski definition) is 1. The van der Waals surface area contributed by atoms with Crippen LogP contribution in [0.3, 0.4) is 0 Å². The van der Waals surface area contributed by atoms with Gasteiger partial charge in [0.2, 0.25) is 0 Å². The van der Waals surface area contributed by atoms with Gasteiger partial charge in [0.15, 0.2) is 0 Å². The van der Waals surface area contributed by atoms with Gasteiger partial charge in [-0.15, -0.1) is 0 Å². The van der Waals surface area contributed by atoms with Gasteiger partial charge in [0.05, 0.1) is 10.6 Å². The van der Waals surface area contributed by atoms with E-state index in [4.69, 9.17) is 11.6 Å². The van der Waals surface area contributed by atoms with Gasteiger partial charge < -0.3 is 5.11 Å². The highest BCUT2D eigenvalue weighted by molar-refractivity contribution is 6.31. The fraction of sp³-hybridized carbons (Fsp3) is 0.0769. The Labute approximate surface area is 111 Å². The summed E-state index contributed by atoms with van der Waals surface area (Å²) in [6, 6.07) is 6.11. The lowest BCUT2D eigenvalue weighted by molar-refractivity contribution is -0.137. The fourth-order valence-electron chi connectivity index (χ4n) is 1.61. The first-order chi connectivity index (χ1) is 8.79. The molecule has 0 aliphatic rings. The molecular weight excluding hydrogens is 284 g/mol. The molecule has 0 saturated heterocycles. The van der Waals surface area contributed by atoms with E-state index in [-0.39, 0.29) is 16.3 Å². The largest absolute Gasteiger partial charge is 0.507 e. The highest BCUT2D eigenvalue weighted by Crippen LogP contribution is 2.35. The number of aromatic hydroxyl groups is 1. The van der Waals surface area contributed by atoms with Gasteiger partial charge in [-0.05, 0) is 23.8 Å². The van der Waals surface area contributed by atoms with Crippen molar-refractivity contribution in [1.82, 2.24) is 0 Å². The first-order valence-electron chi connectivity index (χ1n) is 5.14. The van der Waals surface area contributed by atoms with Crippen LogP contribution in [0.2, 0.25) is 5.02 Å². The summed E-state index contributed by atoms with van der Waals surface area (Å²) in [5, 5.41) is 9.36. The summed E-state index contributed by atoms with van der Waals surface area (Å²) in [7, 11) is 0. The van der Waals surface area contributed by atoms with E-state index in [1.165, 1.54) is 12.1 Å². The predicted molar refractivity (Wildman–Crippen MR) is 63.5 cm³/mol. The van der Waals surface area contributed by atoms with Crippen LogP contribution in [0.5, 0.6) is 5.75 Å². The third kappa shape index (κ3) is 2.81. The third-order valence-electron chi connectivity index (χ3n) is 2.56. The predicted octanol–water partition coefficient (Wildman–Crippen LogP) is 4.87. The molecule has 0 aliphatic carbocycles. The second-order valence-electron chi connectivity index (χ2n) is 3.86. The molecule has 0 aliphatic heterocycles. The van der Waals surface area contributed by atoms with Gasteiger partial charge in [0.25, 0.3) is 0 Å². The molecule has 6 heteroatoms. The molecule has 19 heavy (non-hydrogen) atoms. The van der Waals surface area contributed by atoms with E-state index < -0.39 is 17.6 Å². The lowest BCUT2D eigenvalue weighted by Gasteiger charge is -2.09. The fourth-order valence-corrected chi connectivity index (χ4v) is 1.77. The Morgan fingerprint density at radius 2 is 1.58 bits per heavy atom. The van der Waals surface area contributed by atoms with Crippen LogP contribution >= 0.6 is 11.6 Å². The van der Waals surface area contributed by atoms with Gasteiger partial charge in [-0.3, -0.25) is 0 Å². The quantitative estimate of drug-likeness (QED) is 0.743. The van der Waals surface area contributed by atoms with Crippen molar-refractivity contribution >= 4 is 11.6 Å². The van der Waals surface area contributed by atoms with Crippen molar-refractivity contribution in [3.8, 4) is 16.9 Å². The summed E-state index contributed by atoms with van der Waals surface area (Å²) in [6.07, 6.45) is -4.43. The van der Waals surface area contributed by atoms with E-state index in [0.29, 0.717) is 5.56 Å². The maximum atomic E-state index is 13.1. The van der Waals surface area contributed by atoms with Gasteiger partial charge in [0.1, 0.15) is 11.6 Å². The Balaban J connectivity index is 2.46. The van der Waals surface area contributed by atoms with Crippen molar-refractivity contribution in [2.45, 2.75) is 6.18 Å². The normalized spacial score (nSPS) is 11.6. The number of rotatable bonds is 1. The molecule has 0 unspecified atom stereocenters. The monoisotopic (exact) mass is 290 g/mol. The molecule has 0 radical (unpaired) electrons. The molecule has 0 amide bonds. The summed E-state index contributed by atoms with van der Waals surface area (Å²) >= 11 is 5.57. The van der Waals surface area contributed by atoms with Gasteiger partial charge >= 0.3 is 6.18 Å². The van der Waals surface area contributed by atoms with E-state index in [2.05, 4.69) is 0 Å². The van der Waals surface area contributed by atoms with Crippen molar-refractivity contribution in [2.75, 3.05) is 0 Å². The summed E-state index contributed by atoms with van der Waals surface area (Å²) in [5.41, 5.74) is -0.323. The van der Waals surface area contributed by atoms with Crippen molar-refractivity contribution in [3.05, 3.63) is 52.8 Å². The van der Waals surface area contributed by atoms with Crippen LogP contribution in [0.25, 0.3) is 11.1 Å². The molecule has 2 aromatic carbocycles. The minimum atomic E-state index is -4.43. The Bertz CT molecular complexity index is 605. The molecular formula is C13H7ClF4O. The molecule has 0 aromatic heterocycles. The van der Waals surface area contributed by atoms with Crippen molar-refractivity contribution in [3.63, 3.8) is 0 Å². The number of benzene rings is 2. The van der Waals surface area contributed by atoms with E-state index in [0.717, 1.165) is 24.3 Å². The van der Waals surface area contributed by atoms with Crippen LogP contribution in [-0.2, 0) is 6.18 Å². The molecule has 2 rings (SSSR count). The van der Waals surface area contributed by atoms with Crippen molar-refractivity contribution < 1.29 is 22.7 Å². The molecule has 100 valence electrons. The van der Waals surface area contributed by atoms with E-state index in [1.54, 1.807) is 0 Å². The maximum Gasteiger partial charge on any atom is 0.416 e. The van der Waals surface area contributed by atoms with Gasteiger partial charge in [0, 0.05) is 11.6 Å². The number of alkyl halides is 3. The summed E-state index contributed by atoms with van der Waals surface area (Å²) in [6.45, 7) is 0. The number of phenols is 1. The minimum absolute atomic E-state index is 0.167. The van der Waals surface area contributed by atoms with Crippen LogP contribution < -0.4 is 0 Å². The first kappa shape index (κ1) is 13.7. The van der Waals surface area contributed by atoms with E-state index >= 15 is 0 Å². The van der Waals surface area contributed by atoms with Gasteiger partial charge in [-0.25, -0.2) is 4.39 Å². The smallest absolute Gasteiger partial charge is 0.416 e. The zero-order valence-electron chi connectivity index (χ0n) is 9.30. The third-order valence-corrected chi connectivity index (χ3v) is 2.85. The summed E-state index contributed by atoms with van der Waals surface area (Å²) in [4.78, 5) is 0. The Hall–Kier alpha value is -1.75. The lowest BCUT2D eigenvalue weighted by atomic mass is 10.0. The Morgan fingerprint density at radius 3 is 2.11 bits per heavy atom. The molecule has 0 saturated carbocycles. The molecule has 1 N–H and O–H groups in total. The van der Waals surface area contributed by atoms with Crippen LogP contribution in [0.4, 0.5) is 17.6 Å². The van der Waals surface area contributed by atoms with E-state index in [1.807, 2.05) is 0 Å². The van der Waals surface area contributed by atoms with Gasteiger partial charge in [-0.2, -0.15) is 13.2 Å². The Morgan fingerprint density at radius 1 is 1.00 bits per heavy atom. The molecule has 1 nitrogen and oxygen atoms in total. The first-order valence-corrected chi connectivity index (χ1v) is 5.52. The average molecular weight is 291 g/mol. The standard InChI is InChI=1S/C13H7ClF4O/c14-10-5-9(12(19)6-11(10)15)7-1-3-8(4-2-7)13(16,17)18/h1-6,19H. The number of halogens is 5. The zero-order chi connectivity index (χ0) is 14.2. The molecule has 2 aromatic rings. The lowest BCUT2D eigenvalue weighted by Crippen LogP contribution is -2.04. The average Bonchev–Trinajstić information content (AvgIpc) is 2.33. The second-order valence-corrected chi connectivity index (χ2v) is 4.27. The highest BCUT2D eigenvalue weighted by atomic mass is 35.5. The van der Waals surface area contributed by atoms with Gasteiger partial charge in [-0.1, -0.05) is 23.7 Å². The second kappa shape index (κ2) is 4.74. The molecule has 0 fully saturated rings. The minimum Gasteiger partial charge on any atom is -0.507 e. The van der Waals surface area contributed by atoms with E-state index in [9.17, 15) is 22.7 Å². The Kier molecular flexibility index (Phi) is 3.41. The van der Waals surface area contributed by atoms with Crippen LogP contribution in [-0.4, -0.2) is 5.11 Å². The topological polar surface area (TPSA) is 20.2 Å². The summed E-state index contributed by atoms with van der Waals surface area (Å²) in [5.74, 6) is -1.18. The molecule has 0 spiro atoms. The SMILES string of the molecule is Oc1cc(F)c(Cl)cc1-c1ccc(C(F)(F)F)cc1.